The van der Waals surface area contributed by atoms with Crippen molar-refractivity contribution in [2.75, 3.05) is 4.72 Å². The Morgan fingerprint density at radius 2 is 2.35 bits per heavy atom. The molecule has 0 aliphatic rings. The fourth-order valence-corrected chi connectivity index (χ4v) is 3.32. The van der Waals surface area contributed by atoms with Gasteiger partial charge in [-0.05, 0) is 6.92 Å². The van der Waals surface area contributed by atoms with Gasteiger partial charge in [0.25, 0.3) is 10.0 Å². The Morgan fingerprint density at radius 3 is 2.95 bits per heavy atom. The van der Waals surface area contributed by atoms with Gasteiger partial charge in [-0.15, -0.1) is 11.3 Å². The van der Waals surface area contributed by atoms with Crippen LogP contribution in [0, 0.1) is 0 Å². The van der Waals surface area contributed by atoms with Crippen LogP contribution < -0.4 is 4.72 Å². The van der Waals surface area contributed by atoms with Gasteiger partial charge < -0.3 is 10.2 Å². The fourth-order valence-electron chi connectivity index (χ4n) is 1.37. The van der Waals surface area contributed by atoms with Crippen molar-refractivity contribution in [2.45, 2.75) is 25.3 Å². The number of hydrogen-bond acceptors (Lipinski definition) is 7. The van der Waals surface area contributed by atoms with Crippen molar-refractivity contribution >= 4 is 32.2 Å². The summed E-state index contributed by atoms with van der Waals surface area (Å²) < 4.78 is 26.5. The molecule has 0 amide bonds. The highest BCUT2D eigenvalue weighted by Gasteiger charge is 2.19. The number of aromatic nitrogens is 3. The van der Waals surface area contributed by atoms with E-state index in [0.717, 1.165) is 11.3 Å². The number of hydrogen-bond donors (Lipinski definition) is 3. The van der Waals surface area contributed by atoms with Crippen LogP contribution in [0.3, 0.4) is 0 Å². The largest absolute Gasteiger partial charge is 0.411 e. The third-order valence-electron chi connectivity index (χ3n) is 2.48. The van der Waals surface area contributed by atoms with Gasteiger partial charge in [-0.2, -0.15) is 8.42 Å². The number of nitrogens with one attached hydrogen (secondary N) is 2. The Kier molecular flexibility index (Phi) is 4.04. The van der Waals surface area contributed by atoms with Crippen LogP contribution in [0.2, 0.25) is 0 Å². The van der Waals surface area contributed by atoms with E-state index >= 15 is 0 Å². The molecule has 2 rings (SSSR count). The smallest absolute Gasteiger partial charge is 0.280 e. The van der Waals surface area contributed by atoms with Gasteiger partial charge in [0.2, 0.25) is 0 Å². The van der Waals surface area contributed by atoms with E-state index in [1.54, 1.807) is 12.3 Å². The summed E-state index contributed by atoms with van der Waals surface area (Å²) in [5.74, 6) is 0.591. The minimum absolute atomic E-state index is 0.0151. The molecule has 0 fully saturated rings. The molecule has 2 aromatic heterocycles. The molecule has 2 aromatic rings. The zero-order valence-electron chi connectivity index (χ0n) is 10.8. The number of aromatic amines is 1. The summed E-state index contributed by atoms with van der Waals surface area (Å²) in [5.41, 5.74) is 0.718. The van der Waals surface area contributed by atoms with Gasteiger partial charge in [0.1, 0.15) is 17.2 Å². The van der Waals surface area contributed by atoms with E-state index in [9.17, 15) is 8.42 Å². The number of nitrogens with zero attached hydrogens (tertiary/aromatic N) is 3. The van der Waals surface area contributed by atoms with Crippen molar-refractivity contribution in [1.82, 2.24) is 15.0 Å². The zero-order chi connectivity index (χ0) is 14.8. The highest BCUT2D eigenvalue weighted by Crippen LogP contribution is 2.19. The maximum atomic E-state index is 12.1. The first-order valence-corrected chi connectivity index (χ1v) is 8.03. The molecule has 0 aliphatic heterocycles. The molecule has 3 N–H and O–H groups in total. The molecule has 0 atom stereocenters. The van der Waals surface area contributed by atoms with Crippen molar-refractivity contribution in [2.24, 2.45) is 5.16 Å². The molecule has 10 heteroatoms. The molecular weight excluding hydrogens is 302 g/mol. The van der Waals surface area contributed by atoms with Crippen molar-refractivity contribution in [3.63, 3.8) is 0 Å². The predicted molar refractivity (Wildman–Crippen MR) is 74.9 cm³/mol. The van der Waals surface area contributed by atoms with Crippen LogP contribution in [0.15, 0.2) is 21.8 Å². The molecule has 0 radical (unpaired) electrons. The monoisotopic (exact) mass is 315 g/mol. The van der Waals surface area contributed by atoms with E-state index in [1.165, 1.54) is 6.20 Å². The van der Waals surface area contributed by atoms with E-state index in [1.807, 2.05) is 6.92 Å². The average molecular weight is 315 g/mol. The van der Waals surface area contributed by atoms with Crippen LogP contribution in [0.4, 0.5) is 5.13 Å². The van der Waals surface area contributed by atoms with Gasteiger partial charge in [-0.1, -0.05) is 12.1 Å². The minimum Gasteiger partial charge on any atom is -0.411 e. The standard InChI is InChI=1S/C10H13N5O3S2/c1-3-8-11-4-9(13-8)20(17,18)15-10-12-7(5-19-10)6(2)14-16/h4-5,16H,3H2,1-2H3,(H,11,13)(H,12,15). The van der Waals surface area contributed by atoms with Crippen molar-refractivity contribution in [1.29, 1.82) is 0 Å². The highest BCUT2D eigenvalue weighted by atomic mass is 32.2. The lowest BCUT2D eigenvalue weighted by Crippen LogP contribution is -2.13. The predicted octanol–water partition coefficient (Wildman–Crippen LogP) is 1.43. The molecule has 0 bridgehead atoms. The second-order valence-corrected chi connectivity index (χ2v) is 6.39. The molecular formula is C10H13N5O3S2. The third-order valence-corrected chi connectivity index (χ3v) is 4.61. The summed E-state index contributed by atoms with van der Waals surface area (Å²) >= 11 is 1.10. The van der Waals surface area contributed by atoms with Gasteiger partial charge >= 0.3 is 0 Å². The topological polar surface area (TPSA) is 120 Å². The van der Waals surface area contributed by atoms with E-state index in [-0.39, 0.29) is 10.2 Å². The first kappa shape index (κ1) is 14.5. The van der Waals surface area contributed by atoms with Crippen LogP contribution in [0.25, 0.3) is 0 Å². The second kappa shape index (κ2) is 5.59. The van der Waals surface area contributed by atoms with Crippen molar-refractivity contribution < 1.29 is 13.6 Å². The molecule has 108 valence electrons. The Bertz CT molecular complexity index is 732. The van der Waals surface area contributed by atoms with Crippen molar-refractivity contribution in [3.8, 4) is 0 Å². The Balaban J connectivity index is 2.22. The van der Waals surface area contributed by atoms with Gasteiger partial charge in [0.05, 0.1) is 6.20 Å². The number of thiazole rings is 1. The lowest BCUT2D eigenvalue weighted by Gasteiger charge is -2.01. The molecule has 0 spiro atoms. The van der Waals surface area contributed by atoms with Crippen LogP contribution >= 0.6 is 11.3 Å². The number of aryl methyl sites for hydroxylation is 1. The zero-order valence-corrected chi connectivity index (χ0v) is 12.4. The number of oxime groups is 1. The number of imidazole rings is 1. The number of anilines is 1. The molecule has 0 saturated heterocycles. The maximum Gasteiger partial charge on any atom is 0.280 e. The maximum absolute atomic E-state index is 12.1. The van der Waals surface area contributed by atoms with Crippen molar-refractivity contribution in [3.05, 3.63) is 23.1 Å². The lowest BCUT2D eigenvalue weighted by atomic mass is 10.3. The molecule has 2 heterocycles. The van der Waals surface area contributed by atoms with Gasteiger partial charge in [0.15, 0.2) is 10.2 Å². The Morgan fingerprint density at radius 1 is 1.60 bits per heavy atom. The Hall–Kier alpha value is -1.94. The summed E-state index contributed by atoms with van der Waals surface area (Å²) in [4.78, 5) is 10.7. The quantitative estimate of drug-likeness (QED) is 0.438. The normalized spacial score (nSPS) is 12.6. The lowest BCUT2D eigenvalue weighted by molar-refractivity contribution is 0.319. The Labute approximate surface area is 119 Å². The molecule has 0 aromatic carbocycles. The molecule has 0 unspecified atom stereocenters. The van der Waals surface area contributed by atoms with Gasteiger partial charge in [-0.25, -0.2) is 9.97 Å². The molecule has 20 heavy (non-hydrogen) atoms. The summed E-state index contributed by atoms with van der Waals surface area (Å²) in [6.45, 7) is 3.43. The fraction of sp³-hybridized carbons (Fsp3) is 0.300. The first-order valence-electron chi connectivity index (χ1n) is 5.67. The third kappa shape index (κ3) is 2.96. The van der Waals surface area contributed by atoms with Crippen LogP contribution in [-0.2, 0) is 16.4 Å². The van der Waals surface area contributed by atoms with E-state index < -0.39 is 10.0 Å². The van der Waals surface area contributed by atoms with E-state index in [2.05, 4.69) is 24.8 Å². The molecule has 8 nitrogen and oxygen atoms in total. The number of sulfonamides is 1. The minimum atomic E-state index is -3.74. The van der Waals surface area contributed by atoms with Gasteiger partial charge in [-0.3, -0.25) is 4.72 Å². The molecule has 0 saturated carbocycles. The summed E-state index contributed by atoms with van der Waals surface area (Å²) in [5, 5.41) is 13.4. The number of H-pyrrole nitrogens is 1. The summed E-state index contributed by atoms with van der Waals surface area (Å²) in [7, 11) is -3.74. The van der Waals surface area contributed by atoms with Crippen LogP contribution in [0.5, 0.6) is 0 Å². The summed E-state index contributed by atoms with van der Waals surface area (Å²) in [6.07, 6.45) is 1.87. The molecule has 0 aliphatic carbocycles. The first-order chi connectivity index (χ1) is 9.46. The van der Waals surface area contributed by atoms with Crippen LogP contribution in [-0.4, -0.2) is 34.3 Å². The van der Waals surface area contributed by atoms with E-state index in [4.69, 9.17) is 5.21 Å². The number of rotatable bonds is 5. The summed E-state index contributed by atoms with van der Waals surface area (Å²) in [6, 6.07) is 0. The SMILES string of the molecule is CCc1ncc(S(=O)(=O)Nc2nc(C(C)=NO)cs2)[nH]1. The van der Waals surface area contributed by atoms with E-state index in [0.29, 0.717) is 23.7 Å². The average Bonchev–Trinajstić information content (AvgIpc) is 3.06. The van der Waals surface area contributed by atoms with Gasteiger partial charge in [0, 0.05) is 11.8 Å². The van der Waals surface area contributed by atoms with Crippen LogP contribution in [0.1, 0.15) is 25.4 Å². The highest BCUT2D eigenvalue weighted by molar-refractivity contribution is 7.92. The second-order valence-electron chi connectivity index (χ2n) is 3.88.